The molecule has 5 nitrogen and oxygen atoms in total. The van der Waals surface area contributed by atoms with E-state index in [9.17, 15) is 4.79 Å². The molecule has 1 N–H and O–H groups in total. The van der Waals surface area contributed by atoms with Crippen LogP contribution in [0.25, 0.3) is 0 Å². The molecule has 0 radical (unpaired) electrons. The Morgan fingerprint density at radius 3 is 2.59 bits per heavy atom. The molecular formula is C11H12BrNO4. The van der Waals surface area contributed by atoms with Crippen molar-refractivity contribution in [2.45, 2.75) is 6.04 Å². The van der Waals surface area contributed by atoms with Crippen molar-refractivity contribution in [2.24, 2.45) is 0 Å². The molecule has 0 bridgehead atoms. The minimum atomic E-state index is -0.418. The quantitative estimate of drug-likeness (QED) is 0.930. The van der Waals surface area contributed by atoms with Gasteiger partial charge in [0.05, 0.1) is 24.7 Å². The van der Waals surface area contributed by atoms with Crippen molar-refractivity contribution in [3.8, 4) is 11.5 Å². The maximum atomic E-state index is 11.0. The first-order valence-corrected chi connectivity index (χ1v) is 5.79. The van der Waals surface area contributed by atoms with Gasteiger partial charge in [-0.1, -0.05) is 0 Å². The van der Waals surface area contributed by atoms with Crippen LogP contribution in [0.1, 0.15) is 11.6 Å². The number of hydrogen-bond acceptors (Lipinski definition) is 4. The Morgan fingerprint density at radius 1 is 1.35 bits per heavy atom. The van der Waals surface area contributed by atoms with Crippen LogP contribution in [0.3, 0.4) is 0 Å². The van der Waals surface area contributed by atoms with Crippen LogP contribution in [0.15, 0.2) is 16.6 Å². The third kappa shape index (κ3) is 2.31. The molecule has 92 valence electrons. The molecule has 0 aliphatic carbocycles. The van der Waals surface area contributed by atoms with Crippen molar-refractivity contribution in [1.29, 1.82) is 0 Å². The molecule has 0 saturated carbocycles. The molecule has 1 aromatic carbocycles. The smallest absolute Gasteiger partial charge is 0.407 e. The van der Waals surface area contributed by atoms with Gasteiger partial charge >= 0.3 is 6.09 Å². The first-order valence-electron chi connectivity index (χ1n) is 5.00. The van der Waals surface area contributed by atoms with Gasteiger partial charge in [-0.15, -0.1) is 0 Å². The van der Waals surface area contributed by atoms with Crippen molar-refractivity contribution in [3.05, 3.63) is 22.2 Å². The SMILES string of the molecule is COc1cc([C@H]2COC(=O)N2)c(OC)cc1Br. The number of cyclic esters (lactones) is 1. The van der Waals surface area contributed by atoms with Gasteiger partial charge in [-0.05, 0) is 28.1 Å². The standard InChI is InChI=1S/C11H12BrNO4/c1-15-9-4-7(12)10(16-2)3-6(9)8-5-17-11(14)13-8/h3-4,8H,5H2,1-2H3,(H,13,14)/t8-/m1/s1. The lowest BCUT2D eigenvalue weighted by molar-refractivity contribution is 0.177. The summed E-state index contributed by atoms with van der Waals surface area (Å²) < 4.78 is 16.2. The van der Waals surface area contributed by atoms with Gasteiger partial charge in [-0.2, -0.15) is 0 Å². The summed E-state index contributed by atoms with van der Waals surface area (Å²) in [5.41, 5.74) is 0.832. The Bertz CT molecular complexity index is 449. The molecular weight excluding hydrogens is 290 g/mol. The van der Waals surface area contributed by atoms with Crippen molar-refractivity contribution in [3.63, 3.8) is 0 Å². The number of rotatable bonds is 3. The van der Waals surface area contributed by atoms with Crippen LogP contribution in [-0.2, 0) is 4.74 Å². The molecule has 1 aromatic rings. The van der Waals surface area contributed by atoms with Crippen LogP contribution >= 0.6 is 15.9 Å². The van der Waals surface area contributed by atoms with Gasteiger partial charge in [0.2, 0.25) is 0 Å². The van der Waals surface area contributed by atoms with E-state index in [0.717, 1.165) is 10.0 Å². The third-order valence-corrected chi connectivity index (χ3v) is 3.17. The van der Waals surface area contributed by atoms with Crippen LogP contribution in [0.2, 0.25) is 0 Å². The Morgan fingerprint density at radius 2 is 2.06 bits per heavy atom. The van der Waals surface area contributed by atoms with E-state index >= 15 is 0 Å². The van der Waals surface area contributed by atoms with E-state index in [4.69, 9.17) is 14.2 Å². The van der Waals surface area contributed by atoms with Crippen LogP contribution in [0.5, 0.6) is 11.5 Å². The molecule has 1 aliphatic heterocycles. The lowest BCUT2D eigenvalue weighted by Crippen LogP contribution is -2.19. The van der Waals surface area contributed by atoms with Gasteiger partial charge in [0.25, 0.3) is 0 Å². The summed E-state index contributed by atoms with van der Waals surface area (Å²) in [5.74, 6) is 1.36. The number of carbonyl (C=O) groups excluding carboxylic acids is 1. The highest BCUT2D eigenvalue weighted by Gasteiger charge is 2.27. The van der Waals surface area contributed by atoms with E-state index in [1.165, 1.54) is 0 Å². The number of ether oxygens (including phenoxy) is 3. The lowest BCUT2D eigenvalue weighted by Gasteiger charge is -2.15. The summed E-state index contributed by atoms with van der Waals surface area (Å²) in [7, 11) is 3.16. The van der Waals surface area contributed by atoms with E-state index < -0.39 is 6.09 Å². The number of alkyl carbamates (subject to hydrolysis) is 1. The van der Waals surface area contributed by atoms with Crippen LogP contribution in [-0.4, -0.2) is 26.9 Å². The first-order chi connectivity index (χ1) is 8.15. The third-order valence-electron chi connectivity index (χ3n) is 2.55. The first kappa shape index (κ1) is 12.0. The predicted molar refractivity (Wildman–Crippen MR) is 64.5 cm³/mol. The van der Waals surface area contributed by atoms with Crippen LogP contribution < -0.4 is 14.8 Å². The van der Waals surface area contributed by atoms with Crippen molar-refractivity contribution < 1.29 is 19.0 Å². The minimum absolute atomic E-state index is 0.209. The monoisotopic (exact) mass is 301 g/mol. The summed E-state index contributed by atoms with van der Waals surface area (Å²) in [6.45, 7) is 0.292. The number of methoxy groups -OCH3 is 2. The van der Waals surface area contributed by atoms with Crippen molar-refractivity contribution >= 4 is 22.0 Å². The summed E-state index contributed by atoms with van der Waals surface area (Å²) >= 11 is 3.38. The Kier molecular flexibility index (Phi) is 3.42. The fraction of sp³-hybridized carbons (Fsp3) is 0.364. The second kappa shape index (κ2) is 4.83. The van der Waals surface area contributed by atoms with Gasteiger partial charge in [0, 0.05) is 5.56 Å². The summed E-state index contributed by atoms with van der Waals surface area (Å²) in [4.78, 5) is 11.0. The Labute approximate surface area is 107 Å². The molecule has 1 aliphatic rings. The summed E-state index contributed by atoms with van der Waals surface area (Å²) in [6.07, 6.45) is -0.418. The fourth-order valence-electron chi connectivity index (χ4n) is 1.71. The van der Waals surface area contributed by atoms with Gasteiger partial charge in [-0.25, -0.2) is 4.79 Å². The Hall–Kier alpha value is -1.43. The normalized spacial score (nSPS) is 18.5. The summed E-state index contributed by atoms with van der Waals surface area (Å²) in [6, 6.07) is 3.42. The predicted octanol–water partition coefficient (Wildman–Crippen LogP) is 2.25. The minimum Gasteiger partial charge on any atom is -0.496 e. The second-order valence-corrected chi connectivity index (χ2v) is 4.38. The highest BCUT2D eigenvalue weighted by Crippen LogP contribution is 2.36. The number of hydrogen-bond donors (Lipinski definition) is 1. The number of amides is 1. The largest absolute Gasteiger partial charge is 0.496 e. The lowest BCUT2D eigenvalue weighted by atomic mass is 10.1. The van der Waals surface area contributed by atoms with Crippen LogP contribution in [0, 0.1) is 0 Å². The molecule has 17 heavy (non-hydrogen) atoms. The molecule has 1 heterocycles. The highest BCUT2D eigenvalue weighted by atomic mass is 79.9. The maximum Gasteiger partial charge on any atom is 0.407 e. The summed E-state index contributed by atoms with van der Waals surface area (Å²) in [5, 5.41) is 2.70. The average Bonchev–Trinajstić information content (AvgIpc) is 2.75. The molecule has 1 amide bonds. The number of carbonyl (C=O) groups is 1. The van der Waals surface area contributed by atoms with E-state index in [0.29, 0.717) is 18.1 Å². The van der Waals surface area contributed by atoms with E-state index in [1.54, 1.807) is 20.3 Å². The number of benzene rings is 1. The maximum absolute atomic E-state index is 11.0. The zero-order valence-corrected chi connectivity index (χ0v) is 11.0. The topological polar surface area (TPSA) is 56.8 Å². The fourth-order valence-corrected chi connectivity index (χ4v) is 2.19. The second-order valence-electron chi connectivity index (χ2n) is 3.52. The van der Waals surface area contributed by atoms with Crippen molar-refractivity contribution in [1.82, 2.24) is 5.32 Å². The zero-order chi connectivity index (χ0) is 12.4. The molecule has 2 rings (SSSR count). The molecule has 0 spiro atoms. The molecule has 1 atom stereocenters. The van der Waals surface area contributed by atoms with Crippen molar-refractivity contribution in [2.75, 3.05) is 20.8 Å². The molecule has 0 unspecified atom stereocenters. The number of nitrogens with one attached hydrogen (secondary N) is 1. The molecule has 1 fully saturated rings. The van der Waals surface area contributed by atoms with Crippen LogP contribution in [0.4, 0.5) is 4.79 Å². The van der Waals surface area contributed by atoms with E-state index in [2.05, 4.69) is 21.2 Å². The molecule has 1 saturated heterocycles. The Balaban J connectivity index is 2.40. The zero-order valence-electron chi connectivity index (χ0n) is 9.45. The average molecular weight is 302 g/mol. The number of halogens is 1. The van der Waals surface area contributed by atoms with Gasteiger partial charge in [0.1, 0.15) is 18.1 Å². The van der Waals surface area contributed by atoms with Gasteiger partial charge in [-0.3, -0.25) is 0 Å². The molecule has 6 heteroatoms. The van der Waals surface area contributed by atoms with Gasteiger partial charge in [0.15, 0.2) is 0 Å². The van der Waals surface area contributed by atoms with Gasteiger partial charge < -0.3 is 19.5 Å². The molecule has 0 aromatic heterocycles. The van der Waals surface area contributed by atoms with E-state index in [1.807, 2.05) is 6.07 Å². The van der Waals surface area contributed by atoms with E-state index in [-0.39, 0.29) is 6.04 Å². The highest BCUT2D eigenvalue weighted by molar-refractivity contribution is 9.10.